The van der Waals surface area contributed by atoms with Crippen LogP contribution < -0.4 is 0 Å². The fraction of sp³-hybridized carbons (Fsp3) is 0.211. The van der Waals surface area contributed by atoms with E-state index >= 15 is 0 Å². The van der Waals surface area contributed by atoms with Crippen LogP contribution in [0.25, 0.3) is 17.4 Å². The van der Waals surface area contributed by atoms with Gasteiger partial charge in [-0.3, -0.25) is 19.8 Å². The van der Waals surface area contributed by atoms with Crippen molar-refractivity contribution >= 4 is 75.3 Å². The number of carboxylic acids is 1. The number of amides is 1. The molecule has 0 radical (unpaired) electrons. The molecule has 2 heterocycles. The molecule has 1 atom stereocenters. The molecule has 1 aliphatic rings. The van der Waals surface area contributed by atoms with Gasteiger partial charge in [-0.25, -0.2) is 4.79 Å². The van der Waals surface area contributed by atoms with Gasteiger partial charge in [-0.1, -0.05) is 35.6 Å². The quantitative estimate of drug-likeness (QED) is 0.234. The lowest BCUT2D eigenvalue weighted by Gasteiger charge is -2.22. The van der Waals surface area contributed by atoms with Crippen LogP contribution in [0.5, 0.6) is 0 Å². The molecule has 1 amide bonds. The van der Waals surface area contributed by atoms with E-state index in [1.165, 1.54) is 36.0 Å². The maximum absolute atomic E-state index is 12.8. The Kier molecular flexibility index (Phi) is 7.42. The van der Waals surface area contributed by atoms with Gasteiger partial charge in [0.1, 0.15) is 21.9 Å². The van der Waals surface area contributed by atoms with Crippen molar-refractivity contribution in [3.63, 3.8) is 0 Å². The SMILES string of the molecule is CSCCC(C(=O)O)N1C(=O)/C(=C\c2ccc(-c3ccc(Cl)cc3[N+](=O)[O-])o2)SC1=S. The van der Waals surface area contributed by atoms with Gasteiger partial charge in [0.2, 0.25) is 0 Å². The Balaban J connectivity index is 1.88. The lowest BCUT2D eigenvalue weighted by Crippen LogP contribution is -2.44. The van der Waals surface area contributed by atoms with Gasteiger partial charge in [-0.05, 0) is 42.7 Å². The van der Waals surface area contributed by atoms with Gasteiger partial charge in [0.25, 0.3) is 11.6 Å². The van der Waals surface area contributed by atoms with E-state index in [9.17, 15) is 24.8 Å². The van der Waals surface area contributed by atoms with Crippen LogP contribution in [0.1, 0.15) is 12.2 Å². The van der Waals surface area contributed by atoms with Crippen LogP contribution in [0.2, 0.25) is 5.02 Å². The molecule has 2 aromatic rings. The number of carbonyl (C=O) groups is 2. The average molecular weight is 499 g/mol. The van der Waals surface area contributed by atoms with Crippen molar-refractivity contribution < 1.29 is 24.0 Å². The van der Waals surface area contributed by atoms with E-state index in [1.807, 2.05) is 6.26 Å². The first-order valence-corrected chi connectivity index (χ1v) is 11.8. The van der Waals surface area contributed by atoms with E-state index in [2.05, 4.69) is 0 Å². The fourth-order valence-electron chi connectivity index (χ4n) is 2.91. The number of nitro benzene ring substituents is 1. The lowest BCUT2D eigenvalue weighted by molar-refractivity contribution is -0.384. The highest BCUT2D eigenvalue weighted by atomic mass is 35.5. The van der Waals surface area contributed by atoms with Crippen LogP contribution in [-0.2, 0) is 9.59 Å². The topological polar surface area (TPSA) is 114 Å². The fourth-order valence-corrected chi connectivity index (χ4v) is 4.87. The second-order valence-electron chi connectivity index (χ2n) is 6.31. The number of thiocarbonyl (C=S) groups is 1. The van der Waals surface area contributed by atoms with Crippen molar-refractivity contribution in [3.05, 3.63) is 56.1 Å². The number of nitro groups is 1. The first-order valence-electron chi connectivity index (χ1n) is 8.76. The molecule has 1 aromatic heterocycles. The monoisotopic (exact) mass is 498 g/mol. The summed E-state index contributed by atoms with van der Waals surface area (Å²) in [7, 11) is 0. The van der Waals surface area contributed by atoms with Crippen molar-refractivity contribution in [2.45, 2.75) is 12.5 Å². The molecule has 12 heteroatoms. The van der Waals surface area contributed by atoms with Gasteiger partial charge in [0, 0.05) is 17.2 Å². The third-order valence-electron chi connectivity index (χ3n) is 4.34. The second kappa shape index (κ2) is 9.86. The van der Waals surface area contributed by atoms with E-state index in [-0.39, 0.29) is 43.4 Å². The summed E-state index contributed by atoms with van der Waals surface area (Å²) in [4.78, 5) is 36.5. The smallest absolute Gasteiger partial charge is 0.326 e. The number of benzene rings is 1. The molecule has 31 heavy (non-hydrogen) atoms. The highest BCUT2D eigenvalue weighted by Gasteiger charge is 2.40. The minimum absolute atomic E-state index is 0.157. The zero-order valence-electron chi connectivity index (χ0n) is 15.9. The number of furan rings is 1. The normalized spacial score (nSPS) is 16.2. The second-order valence-corrected chi connectivity index (χ2v) is 9.41. The molecule has 1 N–H and O–H groups in total. The highest BCUT2D eigenvalue weighted by Crippen LogP contribution is 2.37. The standard InChI is InChI=1S/C19H15ClN2O6S3/c1-30-7-6-13(18(24)25)21-17(23)16(31-19(21)29)9-11-3-5-15(28-11)12-4-2-10(20)8-14(12)22(26)27/h2-5,8-9,13H,6-7H2,1H3,(H,24,25)/b16-9+. The first kappa shape index (κ1) is 23.3. The van der Waals surface area contributed by atoms with Crippen LogP contribution in [0.4, 0.5) is 5.69 Å². The van der Waals surface area contributed by atoms with Crippen molar-refractivity contribution in [1.29, 1.82) is 0 Å². The number of thioether (sulfide) groups is 2. The molecule has 1 unspecified atom stereocenters. The summed E-state index contributed by atoms with van der Waals surface area (Å²) < 4.78 is 5.84. The summed E-state index contributed by atoms with van der Waals surface area (Å²) in [5, 5.41) is 21.1. The van der Waals surface area contributed by atoms with Crippen LogP contribution in [0.3, 0.4) is 0 Å². The molecule has 0 aliphatic carbocycles. The van der Waals surface area contributed by atoms with E-state index in [0.717, 1.165) is 16.7 Å². The van der Waals surface area contributed by atoms with Gasteiger partial charge < -0.3 is 9.52 Å². The summed E-state index contributed by atoms with van der Waals surface area (Å²) in [6, 6.07) is 6.27. The number of hydrogen-bond donors (Lipinski definition) is 1. The Labute approximate surface area is 195 Å². The molecule has 0 spiro atoms. The summed E-state index contributed by atoms with van der Waals surface area (Å²) in [5.74, 6) is -0.570. The molecule has 1 saturated heterocycles. The Bertz CT molecular complexity index is 1100. The molecular formula is C19H15ClN2O6S3. The average Bonchev–Trinajstić information content (AvgIpc) is 3.27. The van der Waals surface area contributed by atoms with Gasteiger partial charge in [-0.2, -0.15) is 11.8 Å². The predicted molar refractivity (Wildman–Crippen MR) is 125 cm³/mol. The zero-order chi connectivity index (χ0) is 22.7. The van der Waals surface area contributed by atoms with Crippen LogP contribution in [0, 0.1) is 10.1 Å². The Morgan fingerprint density at radius 2 is 2.19 bits per heavy atom. The molecule has 1 aliphatic heterocycles. The molecule has 162 valence electrons. The van der Waals surface area contributed by atoms with Crippen LogP contribution >= 0.6 is 47.3 Å². The van der Waals surface area contributed by atoms with Crippen molar-refractivity contribution in [2.24, 2.45) is 0 Å². The zero-order valence-corrected chi connectivity index (χ0v) is 19.1. The molecule has 0 saturated carbocycles. The van der Waals surface area contributed by atoms with Crippen molar-refractivity contribution in [2.75, 3.05) is 12.0 Å². The minimum atomic E-state index is -1.12. The van der Waals surface area contributed by atoms with Crippen molar-refractivity contribution in [3.8, 4) is 11.3 Å². The summed E-state index contributed by atoms with van der Waals surface area (Å²) in [6.45, 7) is 0. The number of hydrogen-bond acceptors (Lipinski definition) is 8. The number of nitrogens with zero attached hydrogens (tertiary/aromatic N) is 2. The number of carbonyl (C=O) groups excluding carboxylic acids is 1. The molecular weight excluding hydrogens is 484 g/mol. The van der Waals surface area contributed by atoms with E-state index < -0.39 is 22.8 Å². The molecule has 1 aromatic carbocycles. The summed E-state index contributed by atoms with van der Waals surface area (Å²) in [6.07, 6.45) is 3.56. The predicted octanol–water partition coefficient (Wildman–Crippen LogP) is 4.92. The van der Waals surface area contributed by atoms with Gasteiger partial charge >= 0.3 is 5.97 Å². The Morgan fingerprint density at radius 3 is 2.84 bits per heavy atom. The first-order chi connectivity index (χ1) is 14.7. The third kappa shape index (κ3) is 5.12. The number of halogens is 1. The molecule has 1 fully saturated rings. The largest absolute Gasteiger partial charge is 0.480 e. The van der Waals surface area contributed by atoms with Crippen LogP contribution in [-0.4, -0.2) is 49.2 Å². The Morgan fingerprint density at radius 1 is 1.45 bits per heavy atom. The number of rotatable bonds is 8. The van der Waals surface area contributed by atoms with Gasteiger partial charge in [0.15, 0.2) is 0 Å². The number of aliphatic carboxylic acids is 1. The highest BCUT2D eigenvalue weighted by molar-refractivity contribution is 8.26. The van der Waals surface area contributed by atoms with E-state index in [4.69, 9.17) is 28.2 Å². The third-order valence-corrected chi connectivity index (χ3v) is 6.55. The molecule has 0 bridgehead atoms. The maximum Gasteiger partial charge on any atom is 0.326 e. The molecule has 8 nitrogen and oxygen atoms in total. The lowest BCUT2D eigenvalue weighted by atomic mass is 10.1. The number of carboxylic acid groups (broad SMARTS) is 1. The van der Waals surface area contributed by atoms with Crippen LogP contribution in [0.15, 0.2) is 39.7 Å². The van der Waals surface area contributed by atoms with E-state index in [1.54, 1.807) is 12.1 Å². The minimum Gasteiger partial charge on any atom is -0.480 e. The summed E-state index contributed by atoms with van der Waals surface area (Å²) >= 11 is 13.5. The van der Waals surface area contributed by atoms with Crippen molar-refractivity contribution in [1.82, 2.24) is 4.90 Å². The van der Waals surface area contributed by atoms with E-state index in [0.29, 0.717) is 5.75 Å². The maximum atomic E-state index is 12.8. The molecule has 3 rings (SSSR count). The van der Waals surface area contributed by atoms with Gasteiger partial charge in [-0.15, -0.1) is 0 Å². The van der Waals surface area contributed by atoms with Gasteiger partial charge in [0.05, 0.1) is 15.4 Å². The Hall–Kier alpha value is -2.34. The summed E-state index contributed by atoms with van der Waals surface area (Å²) in [5.41, 5.74) is 0.0300.